The maximum atomic E-state index is 12.6. The molecule has 2 amide bonds. The number of amides is 2. The van der Waals surface area contributed by atoms with E-state index in [-0.39, 0.29) is 12.1 Å². The van der Waals surface area contributed by atoms with E-state index in [0.29, 0.717) is 18.1 Å². The maximum absolute atomic E-state index is 12.6. The van der Waals surface area contributed by atoms with Crippen LogP contribution < -0.4 is 10.1 Å². The van der Waals surface area contributed by atoms with Gasteiger partial charge in [-0.3, -0.25) is 4.98 Å². The van der Waals surface area contributed by atoms with Gasteiger partial charge in [-0.05, 0) is 37.8 Å². The molecule has 1 saturated carbocycles. The molecule has 2 unspecified atom stereocenters. The van der Waals surface area contributed by atoms with E-state index in [9.17, 15) is 4.79 Å². The molecular formula is C18H25N3O2. The lowest BCUT2D eigenvalue weighted by Gasteiger charge is -2.39. The molecule has 2 bridgehead atoms. The summed E-state index contributed by atoms with van der Waals surface area (Å²) in [6.07, 6.45) is 12.6. The van der Waals surface area contributed by atoms with E-state index < -0.39 is 0 Å². The standard InChI is InChI=1S/C18H25N3O2/c22-18(20-13-4-1-2-5-13)21-14-7-8-15(21)11-17(10-14)23-16-6-3-9-19-12-16/h3,6,9,12-15,17H,1-2,4-5,7-8,10-11H2,(H,20,22). The summed E-state index contributed by atoms with van der Waals surface area (Å²) in [5.74, 6) is 0.834. The zero-order valence-electron chi connectivity index (χ0n) is 13.5. The lowest BCUT2D eigenvalue weighted by atomic mass is 10.00. The van der Waals surface area contributed by atoms with Gasteiger partial charge in [-0.2, -0.15) is 0 Å². The van der Waals surface area contributed by atoms with Crippen molar-refractivity contribution in [1.82, 2.24) is 15.2 Å². The van der Waals surface area contributed by atoms with E-state index in [2.05, 4.69) is 15.2 Å². The highest BCUT2D eigenvalue weighted by atomic mass is 16.5. The Kier molecular flexibility index (Phi) is 4.10. The maximum Gasteiger partial charge on any atom is 0.318 e. The molecule has 23 heavy (non-hydrogen) atoms. The zero-order valence-corrected chi connectivity index (χ0v) is 13.5. The van der Waals surface area contributed by atoms with E-state index in [4.69, 9.17) is 4.74 Å². The fourth-order valence-corrected chi connectivity index (χ4v) is 4.48. The molecular weight excluding hydrogens is 290 g/mol. The Labute approximate surface area is 137 Å². The molecule has 2 saturated heterocycles. The van der Waals surface area contributed by atoms with Gasteiger partial charge >= 0.3 is 6.03 Å². The van der Waals surface area contributed by atoms with Crippen molar-refractivity contribution < 1.29 is 9.53 Å². The quantitative estimate of drug-likeness (QED) is 0.932. The van der Waals surface area contributed by atoms with Crippen molar-refractivity contribution in [2.75, 3.05) is 0 Å². The van der Waals surface area contributed by atoms with Crippen LogP contribution in [0, 0.1) is 0 Å². The van der Waals surface area contributed by atoms with Crippen LogP contribution in [-0.4, -0.2) is 40.1 Å². The Morgan fingerprint density at radius 1 is 1.17 bits per heavy atom. The number of fused-ring (bicyclic) bond motifs is 2. The van der Waals surface area contributed by atoms with Crippen molar-refractivity contribution >= 4 is 6.03 Å². The van der Waals surface area contributed by atoms with E-state index in [1.165, 1.54) is 12.8 Å². The summed E-state index contributed by atoms with van der Waals surface area (Å²) in [6.45, 7) is 0. The van der Waals surface area contributed by atoms with E-state index >= 15 is 0 Å². The number of rotatable bonds is 3. The van der Waals surface area contributed by atoms with Crippen LogP contribution in [0.15, 0.2) is 24.5 Å². The molecule has 3 fully saturated rings. The summed E-state index contributed by atoms with van der Waals surface area (Å²) < 4.78 is 6.08. The number of pyridine rings is 1. The van der Waals surface area contributed by atoms with Crippen LogP contribution in [0.2, 0.25) is 0 Å². The van der Waals surface area contributed by atoms with Gasteiger partial charge in [0.05, 0.1) is 6.20 Å². The SMILES string of the molecule is O=C(NC1CCCC1)N1C2CCC1CC(Oc1cccnc1)C2. The highest BCUT2D eigenvalue weighted by Crippen LogP contribution is 2.37. The Bertz CT molecular complexity index is 530. The van der Waals surface area contributed by atoms with E-state index in [1.54, 1.807) is 12.4 Å². The van der Waals surface area contributed by atoms with E-state index in [0.717, 1.165) is 44.3 Å². The number of aromatic nitrogens is 1. The molecule has 0 spiro atoms. The second kappa shape index (κ2) is 6.38. The van der Waals surface area contributed by atoms with Crippen LogP contribution >= 0.6 is 0 Å². The summed E-state index contributed by atoms with van der Waals surface area (Å²) >= 11 is 0. The minimum atomic E-state index is 0.157. The van der Waals surface area contributed by atoms with Gasteiger partial charge in [0.25, 0.3) is 0 Å². The van der Waals surface area contributed by atoms with Crippen LogP contribution in [0.3, 0.4) is 0 Å². The smallest absolute Gasteiger partial charge is 0.318 e. The first kappa shape index (κ1) is 14.8. The molecule has 4 rings (SSSR count). The first-order chi connectivity index (χ1) is 11.3. The van der Waals surface area contributed by atoms with Crippen molar-refractivity contribution in [3.63, 3.8) is 0 Å². The molecule has 2 atom stereocenters. The summed E-state index contributed by atoms with van der Waals surface area (Å²) in [5.41, 5.74) is 0. The monoisotopic (exact) mass is 315 g/mol. The molecule has 2 aliphatic heterocycles. The van der Waals surface area contributed by atoms with Crippen LogP contribution in [-0.2, 0) is 0 Å². The third-order valence-corrected chi connectivity index (χ3v) is 5.54. The van der Waals surface area contributed by atoms with Crippen LogP contribution in [0.5, 0.6) is 5.75 Å². The molecule has 5 nitrogen and oxygen atoms in total. The summed E-state index contributed by atoms with van der Waals surface area (Å²) in [6, 6.07) is 5.06. The number of nitrogens with zero attached hydrogens (tertiary/aromatic N) is 2. The highest BCUT2D eigenvalue weighted by molar-refractivity contribution is 5.76. The van der Waals surface area contributed by atoms with Crippen LogP contribution in [0.1, 0.15) is 51.4 Å². The second-order valence-corrected chi connectivity index (χ2v) is 7.12. The van der Waals surface area contributed by atoms with Gasteiger partial charge in [0.2, 0.25) is 0 Å². The number of piperidine rings is 1. The Balaban J connectivity index is 1.37. The molecule has 1 N–H and O–H groups in total. The highest BCUT2D eigenvalue weighted by Gasteiger charge is 2.44. The fourth-order valence-electron chi connectivity index (χ4n) is 4.48. The normalized spacial score (nSPS) is 30.4. The summed E-state index contributed by atoms with van der Waals surface area (Å²) in [7, 11) is 0. The number of nitrogens with one attached hydrogen (secondary N) is 1. The third kappa shape index (κ3) is 3.14. The molecule has 0 radical (unpaired) electrons. The topological polar surface area (TPSA) is 54.5 Å². The number of ether oxygens (including phenoxy) is 1. The van der Waals surface area contributed by atoms with Gasteiger partial charge in [-0.25, -0.2) is 4.79 Å². The van der Waals surface area contributed by atoms with Crippen LogP contribution in [0.25, 0.3) is 0 Å². The largest absolute Gasteiger partial charge is 0.489 e. The molecule has 5 heteroatoms. The van der Waals surface area contributed by atoms with Gasteiger partial charge in [0.15, 0.2) is 0 Å². The number of carbonyl (C=O) groups excluding carboxylic acids is 1. The molecule has 3 aliphatic rings. The Hall–Kier alpha value is -1.78. The first-order valence-electron chi connectivity index (χ1n) is 8.95. The summed E-state index contributed by atoms with van der Waals surface area (Å²) in [5, 5.41) is 3.25. The molecule has 0 aromatic carbocycles. The molecule has 1 aromatic rings. The van der Waals surface area contributed by atoms with Crippen molar-refractivity contribution in [3.05, 3.63) is 24.5 Å². The molecule has 1 aromatic heterocycles. The zero-order chi connectivity index (χ0) is 15.6. The van der Waals surface area contributed by atoms with Crippen LogP contribution in [0.4, 0.5) is 4.79 Å². The predicted molar refractivity (Wildman–Crippen MR) is 87.3 cm³/mol. The molecule has 1 aliphatic carbocycles. The Morgan fingerprint density at radius 3 is 2.57 bits per heavy atom. The number of hydrogen-bond acceptors (Lipinski definition) is 3. The number of hydrogen-bond donors (Lipinski definition) is 1. The first-order valence-corrected chi connectivity index (χ1v) is 8.95. The van der Waals surface area contributed by atoms with Crippen molar-refractivity contribution in [3.8, 4) is 5.75 Å². The number of urea groups is 1. The minimum absolute atomic E-state index is 0.157. The fraction of sp³-hybridized carbons (Fsp3) is 0.667. The molecule has 124 valence electrons. The van der Waals surface area contributed by atoms with Gasteiger partial charge in [0, 0.05) is 37.2 Å². The van der Waals surface area contributed by atoms with E-state index in [1.807, 2.05) is 12.1 Å². The minimum Gasteiger partial charge on any atom is -0.489 e. The lowest BCUT2D eigenvalue weighted by molar-refractivity contribution is 0.0676. The average molecular weight is 315 g/mol. The van der Waals surface area contributed by atoms with Gasteiger partial charge < -0.3 is 15.0 Å². The van der Waals surface area contributed by atoms with Gasteiger partial charge in [0.1, 0.15) is 11.9 Å². The summed E-state index contributed by atoms with van der Waals surface area (Å²) in [4.78, 5) is 18.9. The molecule has 3 heterocycles. The van der Waals surface area contributed by atoms with Crippen molar-refractivity contribution in [1.29, 1.82) is 0 Å². The van der Waals surface area contributed by atoms with Gasteiger partial charge in [-0.15, -0.1) is 0 Å². The average Bonchev–Trinajstić information content (AvgIpc) is 3.15. The predicted octanol–water partition coefficient (Wildman–Crippen LogP) is 3.11. The van der Waals surface area contributed by atoms with Gasteiger partial charge in [-0.1, -0.05) is 12.8 Å². The second-order valence-electron chi connectivity index (χ2n) is 7.12. The Morgan fingerprint density at radius 2 is 1.91 bits per heavy atom. The lowest BCUT2D eigenvalue weighted by Crippen LogP contribution is -2.54. The van der Waals surface area contributed by atoms with Crippen molar-refractivity contribution in [2.45, 2.75) is 75.6 Å². The number of carbonyl (C=O) groups is 1. The van der Waals surface area contributed by atoms with Crippen molar-refractivity contribution in [2.24, 2.45) is 0 Å². The third-order valence-electron chi connectivity index (χ3n) is 5.54.